The number of carbonyl (C=O) groups is 1. The van der Waals surface area contributed by atoms with Gasteiger partial charge < -0.3 is 14.8 Å². The molecule has 6 heteroatoms. The lowest BCUT2D eigenvalue weighted by Gasteiger charge is -2.19. The third kappa shape index (κ3) is 5.94. The largest absolute Gasteiger partial charge is 0.444 e. The van der Waals surface area contributed by atoms with Gasteiger partial charge in [-0.1, -0.05) is 12.1 Å². The van der Waals surface area contributed by atoms with E-state index in [0.29, 0.717) is 18.2 Å². The lowest BCUT2D eigenvalue weighted by Crippen LogP contribution is -2.32. The van der Waals surface area contributed by atoms with Gasteiger partial charge in [-0.05, 0) is 45.4 Å². The maximum atomic E-state index is 11.6. The molecule has 0 aliphatic rings. The summed E-state index contributed by atoms with van der Waals surface area (Å²) in [6, 6.07) is 7.37. The first-order chi connectivity index (χ1) is 10.8. The van der Waals surface area contributed by atoms with Crippen molar-refractivity contribution in [3.63, 3.8) is 0 Å². The molecule has 0 atom stereocenters. The van der Waals surface area contributed by atoms with Crippen LogP contribution in [0.1, 0.15) is 32.0 Å². The van der Waals surface area contributed by atoms with E-state index in [1.807, 2.05) is 52.0 Å². The van der Waals surface area contributed by atoms with Gasteiger partial charge in [0.05, 0.1) is 18.1 Å². The Morgan fingerprint density at radius 3 is 2.39 bits per heavy atom. The number of hydrogen-bond acceptors (Lipinski definition) is 5. The SMILES string of the molecule is Cc1cnc(Oc2ccc(CNC(=O)OC(C)(C)C)cc2)cn1. The first-order valence-electron chi connectivity index (χ1n) is 7.34. The Kier molecular flexibility index (Phi) is 5.16. The predicted molar refractivity (Wildman–Crippen MR) is 86.4 cm³/mol. The van der Waals surface area contributed by atoms with E-state index < -0.39 is 11.7 Å². The molecule has 2 aromatic rings. The number of amides is 1. The van der Waals surface area contributed by atoms with Crippen molar-refractivity contribution in [2.24, 2.45) is 0 Å². The normalized spacial score (nSPS) is 11.0. The van der Waals surface area contributed by atoms with Gasteiger partial charge in [0, 0.05) is 6.54 Å². The van der Waals surface area contributed by atoms with Crippen LogP contribution in [0.2, 0.25) is 0 Å². The minimum atomic E-state index is -0.503. The van der Waals surface area contributed by atoms with E-state index in [1.165, 1.54) is 0 Å². The van der Waals surface area contributed by atoms with Crippen molar-refractivity contribution in [3.8, 4) is 11.6 Å². The molecular weight excluding hydrogens is 294 g/mol. The molecule has 1 aromatic carbocycles. The zero-order valence-corrected chi connectivity index (χ0v) is 13.8. The predicted octanol–water partition coefficient (Wildman–Crippen LogP) is 3.60. The van der Waals surface area contributed by atoms with Gasteiger partial charge in [-0.2, -0.15) is 0 Å². The topological polar surface area (TPSA) is 73.3 Å². The van der Waals surface area contributed by atoms with Crippen molar-refractivity contribution in [1.29, 1.82) is 0 Å². The van der Waals surface area contributed by atoms with Gasteiger partial charge in [-0.25, -0.2) is 9.78 Å². The molecule has 0 unspecified atom stereocenters. The van der Waals surface area contributed by atoms with Crippen LogP contribution in [-0.2, 0) is 11.3 Å². The van der Waals surface area contributed by atoms with Gasteiger partial charge in [-0.3, -0.25) is 4.98 Å². The van der Waals surface area contributed by atoms with E-state index in [4.69, 9.17) is 9.47 Å². The molecule has 1 aromatic heterocycles. The number of carbonyl (C=O) groups excluding carboxylic acids is 1. The Hall–Kier alpha value is -2.63. The minimum absolute atomic E-state index is 0.388. The number of aromatic nitrogens is 2. The fraction of sp³-hybridized carbons (Fsp3) is 0.353. The number of ether oxygens (including phenoxy) is 2. The molecule has 2 rings (SSSR count). The Morgan fingerprint density at radius 2 is 1.83 bits per heavy atom. The highest BCUT2D eigenvalue weighted by atomic mass is 16.6. The Morgan fingerprint density at radius 1 is 1.13 bits per heavy atom. The number of nitrogens with zero attached hydrogens (tertiary/aromatic N) is 2. The van der Waals surface area contributed by atoms with E-state index in [1.54, 1.807) is 12.4 Å². The molecule has 1 heterocycles. The highest BCUT2D eigenvalue weighted by Gasteiger charge is 2.15. The van der Waals surface area contributed by atoms with Gasteiger partial charge in [0.25, 0.3) is 0 Å². The quantitative estimate of drug-likeness (QED) is 0.933. The summed E-state index contributed by atoms with van der Waals surface area (Å²) in [6.07, 6.45) is 2.79. The fourth-order valence-corrected chi connectivity index (χ4v) is 1.72. The van der Waals surface area contributed by atoms with E-state index >= 15 is 0 Å². The molecule has 0 aliphatic carbocycles. The first-order valence-corrected chi connectivity index (χ1v) is 7.34. The second kappa shape index (κ2) is 7.09. The van der Waals surface area contributed by atoms with Crippen molar-refractivity contribution >= 4 is 6.09 Å². The fourth-order valence-electron chi connectivity index (χ4n) is 1.72. The van der Waals surface area contributed by atoms with Crippen LogP contribution in [0.3, 0.4) is 0 Å². The highest BCUT2D eigenvalue weighted by molar-refractivity contribution is 5.67. The second-order valence-electron chi connectivity index (χ2n) is 6.10. The van der Waals surface area contributed by atoms with Crippen LogP contribution in [0.25, 0.3) is 0 Å². The molecule has 1 amide bonds. The van der Waals surface area contributed by atoms with Gasteiger partial charge in [0.2, 0.25) is 5.88 Å². The van der Waals surface area contributed by atoms with Crippen LogP contribution in [0, 0.1) is 6.92 Å². The molecule has 1 N–H and O–H groups in total. The number of nitrogens with one attached hydrogen (secondary N) is 1. The van der Waals surface area contributed by atoms with Crippen molar-refractivity contribution in [1.82, 2.24) is 15.3 Å². The second-order valence-corrected chi connectivity index (χ2v) is 6.10. The van der Waals surface area contributed by atoms with Crippen LogP contribution in [0.5, 0.6) is 11.6 Å². The molecule has 0 saturated heterocycles. The van der Waals surface area contributed by atoms with E-state index in [0.717, 1.165) is 11.3 Å². The lowest BCUT2D eigenvalue weighted by molar-refractivity contribution is 0.0523. The van der Waals surface area contributed by atoms with Crippen molar-refractivity contribution in [3.05, 3.63) is 47.9 Å². The number of rotatable bonds is 4. The third-order valence-electron chi connectivity index (χ3n) is 2.74. The highest BCUT2D eigenvalue weighted by Crippen LogP contribution is 2.19. The van der Waals surface area contributed by atoms with Crippen LogP contribution >= 0.6 is 0 Å². The summed E-state index contributed by atoms with van der Waals surface area (Å²) < 4.78 is 10.8. The van der Waals surface area contributed by atoms with Crippen LogP contribution in [0.4, 0.5) is 4.79 Å². The Labute approximate surface area is 135 Å². The number of alkyl carbamates (subject to hydrolysis) is 1. The molecule has 23 heavy (non-hydrogen) atoms. The molecular formula is C17H21N3O3. The number of aryl methyl sites for hydroxylation is 1. The summed E-state index contributed by atoms with van der Waals surface area (Å²) in [5.74, 6) is 1.10. The van der Waals surface area contributed by atoms with Crippen molar-refractivity contribution in [2.45, 2.75) is 39.8 Å². The van der Waals surface area contributed by atoms with Gasteiger partial charge in [0.15, 0.2) is 0 Å². The van der Waals surface area contributed by atoms with Gasteiger partial charge >= 0.3 is 6.09 Å². The molecule has 0 radical (unpaired) electrons. The average molecular weight is 315 g/mol. The zero-order chi connectivity index (χ0) is 16.9. The summed E-state index contributed by atoms with van der Waals surface area (Å²) >= 11 is 0. The molecule has 6 nitrogen and oxygen atoms in total. The zero-order valence-electron chi connectivity index (χ0n) is 13.8. The van der Waals surface area contributed by atoms with Crippen molar-refractivity contribution in [2.75, 3.05) is 0 Å². The average Bonchev–Trinajstić information content (AvgIpc) is 2.47. The Bertz CT molecular complexity index is 646. The maximum absolute atomic E-state index is 11.6. The lowest BCUT2D eigenvalue weighted by atomic mass is 10.2. The standard InChI is InChI=1S/C17H21N3O3/c1-12-9-19-15(11-18-12)22-14-7-5-13(6-8-14)10-20-16(21)23-17(2,3)4/h5-9,11H,10H2,1-4H3,(H,20,21). The molecule has 122 valence electrons. The van der Waals surface area contributed by atoms with E-state index in [-0.39, 0.29) is 0 Å². The maximum Gasteiger partial charge on any atom is 0.407 e. The van der Waals surface area contributed by atoms with E-state index in [2.05, 4.69) is 15.3 Å². The van der Waals surface area contributed by atoms with Crippen molar-refractivity contribution < 1.29 is 14.3 Å². The molecule has 0 aliphatic heterocycles. The minimum Gasteiger partial charge on any atom is -0.444 e. The van der Waals surface area contributed by atoms with Crippen LogP contribution < -0.4 is 10.1 Å². The van der Waals surface area contributed by atoms with Crippen LogP contribution in [0.15, 0.2) is 36.7 Å². The summed E-state index contributed by atoms with van der Waals surface area (Å²) in [5, 5.41) is 2.71. The molecule has 0 fully saturated rings. The summed E-state index contributed by atoms with van der Waals surface area (Å²) in [5.41, 5.74) is 1.27. The van der Waals surface area contributed by atoms with Gasteiger partial charge in [-0.15, -0.1) is 0 Å². The monoisotopic (exact) mass is 315 g/mol. The summed E-state index contributed by atoms with van der Waals surface area (Å²) in [4.78, 5) is 19.8. The molecule has 0 bridgehead atoms. The Balaban J connectivity index is 1.87. The molecule has 0 saturated carbocycles. The van der Waals surface area contributed by atoms with Gasteiger partial charge in [0.1, 0.15) is 11.4 Å². The summed E-state index contributed by atoms with van der Waals surface area (Å²) in [7, 11) is 0. The van der Waals surface area contributed by atoms with E-state index in [9.17, 15) is 4.79 Å². The number of hydrogen-bond donors (Lipinski definition) is 1. The number of benzene rings is 1. The first kappa shape index (κ1) is 16.7. The third-order valence-corrected chi connectivity index (χ3v) is 2.74. The van der Waals surface area contributed by atoms with Crippen LogP contribution in [-0.4, -0.2) is 21.7 Å². The molecule has 0 spiro atoms. The summed E-state index contributed by atoms with van der Waals surface area (Å²) in [6.45, 7) is 7.73. The smallest absolute Gasteiger partial charge is 0.407 e.